The van der Waals surface area contributed by atoms with Crippen LogP contribution in [0, 0.1) is 0 Å². The van der Waals surface area contributed by atoms with E-state index in [2.05, 4.69) is 28.1 Å². The highest BCUT2D eigenvalue weighted by atomic mass is 79.9. The molecule has 0 saturated carbocycles. The summed E-state index contributed by atoms with van der Waals surface area (Å²) in [6, 6.07) is 22.0. The highest BCUT2D eigenvalue weighted by Gasteiger charge is 2.41. The van der Waals surface area contributed by atoms with Gasteiger partial charge in [-0.15, -0.1) is 0 Å². The minimum Gasteiger partial charge on any atom is -0.463 e. The van der Waals surface area contributed by atoms with Crippen LogP contribution in [0.4, 0.5) is 0 Å². The van der Waals surface area contributed by atoms with Crippen LogP contribution in [0.2, 0.25) is 10.0 Å². The van der Waals surface area contributed by atoms with Gasteiger partial charge in [0.1, 0.15) is 5.75 Å². The molecule has 2 heterocycles. The Kier molecular flexibility index (Phi) is 4.58. The summed E-state index contributed by atoms with van der Waals surface area (Å²) in [5.74, 6) is 0.688. The SMILES string of the molecule is Clc1cc(Cl)c2c(c1)C1CC(c3ccc(Br)cc3)=NN1C(c1ccccc1)O2. The highest BCUT2D eigenvalue weighted by Crippen LogP contribution is 2.50. The first-order valence-electron chi connectivity index (χ1n) is 8.92. The molecule has 3 nitrogen and oxygen atoms in total. The molecule has 28 heavy (non-hydrogen) atoms. The number of ether oxygens (including phenoxy) is 1. The third kappa shape index (κ3) is 3.10. The number of hydrazone groups is 1. The van der Waals surface area contributed by atoms with Crippen LogP contribution >= 0.6 is 39.1 Å². The standard InChI is InChI=1S/C22H15BrCl2N2O/c23-15-8-6-13(7-9-15)19-12-20-17-10-16(24)11-18(25)21(17)28-22(27(20)26-19)14-4-2-1-3-5-14/h1-11,20,22H,12H2. The molecule has 6 heteroatoms. The van der Waals surface area contributed by atoms with E-state index in [0.717, 1.165) is 33.3 Å². The predicted octanol–water partition coefficient (Wildman–Crippen LogP) is 7.00. The molecule has 5 rings (SSSR count). The fourth-order valence-electron chi connectivity index (χ4n) is 3.77. The molecule has 2 aliphatic rings. The highest BCUT2D eigenvalue weighted by molar-refractivity contribution is 9.10. The van der Waals surface area contributed by atoms with Crippen LogP contribution < -0.4 is 4.74 Å². The maximum Gasteiger partial charge on any atom is 0.213 e. The number of rotatable bonds is 2. The lowest BCUT2D eigenvalue weighted by atomic mass is 9.96. The van der Waals surface area contributed by atoms with E-state index in [1.165, 1.54) is 0 Å². The van der Waals surface area contributed by atoms with Gasteiger partial charge in [-0.25, -0.2) is 5.01 Å². The lowest BCUT2D eigenvalue weighted by Gasteiger charge is -2.38. The van der Waals surface area contributed by atoms with Crippen LogP contribution in [-0.2, 0) is 0 Å². The van der Waals surface area contributed by atoms with Gasteiger partial charge >= 0.3 is 0 Å². The summed E-state index contributed by atoms with van der Waals surface area (Å²) in [7, 11) is 0. The molecule has 140 valence electrons. The van der Waals surface area contributed by atoms with Crippen LogP contribution in [0.15, 0.2) is 76.3 Å². The maximum atomic E-state index is 6.49. The lowest BCUT2D eigenvalue weighted by Crippen LogP contribution is -2.33. The van der Waals surface area contributed by atoms with Crippen molar-refractivity contribution in [3.05, 3.63) is 97.9 Å². The van der Waals surface area contributed by atoms with Crippen molar-refractivity contribution in [2.45, 2.75) is 18.7 Å². The van der Waals surface area contributed by atoms with E-state index in [-0.39, 0.29) is 12.3 Å². The van der Waals surface area contributed by atoms with Crippen LogP contribution in [0.1, 0.15) is 35.4 Å². The Labute approximate surface area is 181 Å². The first-order chi connectivity index (χ1) is 13.6. The molecule has 0 amide bonds. The summed E-state index contributed by atoms with van der Waals surface area (Å²) >= 11 is 16.3. The van der Waals surface area contributed by atoms with Crippen LogP contribution in [0.3, 0.4) is 0 Å². The van der Waals surface area contributed by atoms with Crippen molar-refractivity contribution in [2.24, 2.45) is 5.10 Å². The Morgan fingerprint density at radius 2 is 1.75 bits per heavy atom. The van der Waals surface area contributed by atoms with Gasteiger partial charge < -0.3 is 4.74 Å². The Bertz CT molecular complexity index is 1070. The molecule has 0 spiro atoms. The molecule has 0 aromatic heterocycles. The minimum absolute atomic E-state index is 0.0174. The van der Waals surface area contributed by atoms with Crippen molar-refractivity contribution in [1.82, 2.24) is 5.01 Å². The van der Waals surface area contributed by atoms with Gasteiger partial charge in [0.15, 0.2) is 0 Å². The number of hydrogen-bond acceptors (Lipinski definition) is 3. The predicted molar refractivity (Wildman–Crippen MR) is 116 cm³/mol. The fourth-order valence-corrected chi connectivity index (χ4v) is 4.59. The van der Waals surface area contributed by atoms with Gasteiger partial charge in [0.05, 0.1) is 16.8 Å². The monoisotopic (exact) mass is 472 g/mol. The Balaban J connectivity index is 1.63. The second kappa shape index (κ2) is 7.11. The Morgan fingerprint density at radius 3 is 2.50 bits per heavy atom. The smallest absolute Gasteiger partial charge is 0.213 e. The maximum absolute atomic E-state index is 6.49. The van der Waals surface area contributed by atoms with E-state index in [1.54, 1.807) is 6.07 Å². The van der Waals surface area contributed by atoms with Gasteiger partial charge in [-0.05, 0) is 29.8 Å². The summed E-state index contributed by atoms with van der Waals surface area (Å²) in [5.41, 5.74) is 4.12. The van der Waals surface area contributed by atoms with Gasteiger partial charge in [-0.3, -0.25) is 0 Å². The number of hydrogen-bond donors (Lipinski definition) is 0. The molecule has 3 aromatic carbocycles. The molecule has 0 aliphatic carbocycles. The summed E-state index contributed by atoms with van der Waals surface area (Å²) in [4.78, 5) is 0. The quantitative estimate of drug-likeness (QED) is 0.400. The molecular formula is C22H15BrCl2N2O. The average Bonchev–Trinajstić information content (AvgIpc) is 3.14. The second-order valence-electron chi connectivity index (χ2n) is 6.84. The van der Waals surface area contributed by atoms with Gasteiger partial charge in [0.2, 0.25) is 6.23 Å². The average molecular weight is 474 g/mol. The van der Waals surface area contributed by atoms with Gasteiger partial charge in [-0.1, -0.05) is 81.6 Å². The first kappa shape index (κ1) is 18.0. The zero-order chi connectivity index (χ0) is 19.3. The third-order valence-electron chi connectivity index (χ3n) is 5.07. The number of fused-ring (bicyclic) bond motifs is 3. The summed E-state index contributed by atoms with van der Waals surface area (Å²) in [6.07, 6.45) is 0.420. The Morgan fingerprint density at radius 1 is 1.00 bits per heavy atom. The van der Waals surface area contributed by atoms with Crippen LogP contribution in [0.5, 0.6) is 5.75 Å². The van der Waals surface area contributed by atoms with E-state index in [9.17, 15) is 0 Å². The normalized spacial score (nSPS) is 20.2. The Hall–Kier alpha value is -2.01. The number of halogens is 3. The van der Waals surface area contributed by atoms with Crippen LogP contribution in [-0.4, -0.2) is 10.7 Å². The first-order valence-corrected chi connectivity index (χ1v) is 10.5. The van der Waals surface area contributed by atoms with E-state index in [0.29, 0.717) is 15.8 Å². The topological polar surface area (TPSA) is 24.8 Å². The molecule has 2 atom stereocenters. The van der Waals surface area contributed by atoms with Crippen LogP contribution in [0.25, 0.3) is 0 Å². The van der Waals surface area contributed by atoms with Crippen molar-refractivity contribution in [3.63, 3.8) is 0 Å². The molecule has 0 N–H and O–H groups in total. The number of nitrogens with zero attached hydrogens (tertiary/aromatic N) is 2. The van der Waals surface area contributed by atoms with E-state index in [4.69, 9.17) is 33.0 Å². The van der Waals surface area contributed by atoms with Gasteiger partial charge in [0, 0.05) is 27.0 Å². The lowest BCUT2D eigenvalue weighted by molar-refractivity contribution is -0.0189. The molecule has 3 aromatic rings. The van der Waals surface area contributed by atoms with Crippen molar-refractivity contribution < 1.29 is 4.74 Å². The van der Waals surface area contributed by atoms with Crippen molar-refractivity contribution in [1.29, 1.82) is 0 Å². The zero-order valence-corrected chi connectivity index (χ0v) is 17.7. The number of benzene rings is 3. The zero-order valence-electron chi connectivity index (χ0n) is 14.6. The van der Waals surface area contributed by atoms with Crippen molar-refractivity contribution >= 4 is 44.8 Å². The summed E-state index contributed by atoms with van der Waals surface area (Å²) < 4.78 is 7.39. The molecule has 2 unspecified atom stereocenters. The summed E-state index contributed by atoms with van der Waals surface area (Å²) in [5, 5.41) is 8.11. The third-order valence-corrected chi connectivity index (χ3v) is 6.10. The molecule has 0 radical (unpaired) electrons. The molecule has 0 bridgehead atoms. The van der Waals surface area contributed by atoms with E-state index >= 15 is 0 Å². The summed E-state index contributed by atoms with van der Waals surface area (Å²) in [6.45, 7) is 0. The van der Waals surface area contributed by atoms with E-state index in [1.807, 2.05) is 53.5 Å². The van der Waals surface area contributed by atoms with E-state index < -0.39 is 0 Å². The molecule has 2 aliphatic heterocycles. The largest absolute Gasteiger partial charge is 0.463 e. The fraction of sp³-hybridized carbons (Fsp3) is 0.136. The second-order valence-corrected chi connectivity index (χ2v) is 8.60. The van der Waals surface area contributed by atoms with Crippen molar-refractivity contribution in [2.75, 3.05) is 0 Å². The molecule has 0 saturated heterocycles. The van der Waals surface area contributed by atoms with Gasteiger partial charge in [-0.2, -0.15) is 5.10 Å². The van der Waals surface area contributed by atoms with Gasteiger partial charge in [0.25, 0.3) is 0 Å². The van der Waals surface area contributed by atoms with Crippen molar-refractivity contribution in [3.8, 4) is 5.75 Å². The molecular weight excluding hydrogens is 459 g/mol. The minimum atomic E-state index is -0.342. The molecule has 0 fully saturated rings.